The molecular formula is C18H34N2O2. The van der Waals surface area contributed by atoms with Gasteiger partial charge in [-0.25, -0.2) is 0 Å². The number of allylic oxidation sites excluding steroid dienone is 3. The average Bonchev–Trinajstić information content (AvgIpc) is 2.46. The Kier molecular flexibility index (Phi) is 9.83. The van der Waals surface area contributed by atoms with Gasteiger partial charge in [-0.1, -0.05) is 33.8 Å². The molecule has 1 unspecified atom stereocenters. The Morgan fingerprint density at radius 1 is 1.23 bits per heavy atom. The first-order valence-corrected chi connectivity index (χ1v) is 8.35. The SMILES string of the molecule is C/C=C(/C(C)C)N(/C=C(/O)C(=O)CC)CC(C)N(C)CCC. The number of aliphatic hydroxyl groups excluding tert-OH is 1. The molecular weight excluding hydrogens is 276 g/mol. The minimum absolute atomic E-state index is 0.159. The summed E-state index contributed by atoms with van der Waals surface area (Å²) < 4.78 is 0. The molecule has 0 rings (SSSR count). The summed E-state index contributed by atoms with van der Waals surface area (Å²) in [5.74, 6) is -0.0546. The number of hydrogen-bond donors (Lipinski definition) is 1. The molecule has 0 fully saturated rings. The van der Waals surface area contributed by atoms with E-state index in [1.807, 2.05) is 11.8 Å². The van der Waals surface area contributed by atoms with Crippen LogP contribution in [0.1, 0.15) is 54.4 Å². The molecule has 0 aromatic carbocycles. The summed E-state index contributed by atoms with van der Waals surface area (Å²) in [7, 11) is 2.11. The quantitative estimate of drug-likeness (QED) is 0.490. The van der Waals surface area contributed by atoms with Crippen molar-refractivity contribution in [2.45, 2.75) is 60.4 Å². The van der Waals surface area contributed by atoms with Gasteiger partial charge in [-0.05, 0) is 39.8 Å². The van der Waals surface area contributed by atoms with E-state index < -0.39 is 0 Å². The molecule has 0 saturated carbocycles. The van der Waals surface area contributed by atoms with E-state index in [4.69, 9.17) is 0 Å². The molecule has 1 N–H and O–H groups in total. The first-order valence-electron chi connectivity index (χ1n) is 8.35. The maximum absolute atomic E-state index is 11.7. The number of Topliss-reactive ketones (excluding diaryl/α,β-unsaturated/α-hetero) is 1. The minimum atomic E-state index is -0.223. The zero-order valence-corrected chi connectivity index (χ0v) is 15.4. The Hall–Kier alpha value is -1.29. The highest BCUT2D eigenvalue weighted by Crippen LogP contribution is 2.18. The lowest BCUT2D eigenvalue weighted by Gasteiger charge is -2.33. The van der Waals surface area contributed by atoms with E-state index in [-0.39, 0.29) is 11.5 Å². The van der Waals surface area contributed by atoms with Crippen molar-refractivity contribution < 1.29 is 9.90 Å². The third kappa shape index (κ3) is 6.65. The van der Waals surface area contributed by atoms with Crippen LogP contribution >= 0.6 is 0 Å². The molecule has 0 aromatic rings. The normalized spacial score (nSPS) is 14.6. The molecule has 128 valence electrons. The monoisotopic (exact) mass is 310 g/mol. The first kappa shape index (κ1) is 20.7. The van der Waals surface area contributed by atoms with E-state index in [1.54, 1.807) is 13.1 Å². The lowest BCUT2D eigenvalue weighted by molar-refractivity contribution is -0.117. The second-order valence-electron chi connectivity index (χ2n) is 6.14. The summed E-state index contributed by atoms with van der Waals surface area (Å²) >= 11 is 0. The van der Waals surface area contributed by atoms with E-state index in [0.29, 0.717) is 18.4 Å². The third-order valence-electron chi connectivity index (χ3n) is 3.89. The fraction of sp³-hybridized carbons (Fsp3) is 0.722. The predicted octanol–water partition coefficient (Wildman–Crippen LogP) is 3.96. The fourth-order valence-electron chi connectivity index (χ4n) is 2.46. The van der Waals surface area contributed by atoms with Crippen molar-refractivity contribution in [3.63, 3.8) is 0 Å². The number of hydrogen-bond acceptors (Lipinski definition) is 4. The predicted molar refractivity (Wildman–Crippen MR) is 93.7 cm³/mol. The van der Waals surface area contributed by atoms with Crippen LogP contribution in [0.25, 0.3) is 0 Å². The van der Waals surface area contributed by atoms with Crippen LogP contribution in [0.15, 0.2) is 23.7 Å². The van der Waals surface area contributed by atoms with Crippen LogP contribution in [-0.2, 0) is 4.79 Å². The largest absolute Gasteiger partial charge is 0.503 e. The second-order valence-corrected chi connectivity index (χ2v) is 6.14. The number of rotatable bonds is 10. The molecule has 0 aromatic heterocycles. The number of nitrogens with zero attached hydrogens (tertiary/aromatic N) is 2. The number of ketones is 1. The lowest BCUT2D eigenvalue weighted by atomic mass is 10.1. The number of likely N-dealkylation sites (N-methyl/N-ethyl adjacent to an activating group) is 1. The summed E-state index contributed by atoms with van der Waals surface area (Å²) in [5.41, 5.74) is 1.12. The van der Waals surface area contributed by atoms with E-state index in [1.165, 1.54) is 0 Å². The average molecular weight is 310 g/mol. The van der Waals surface area contributed by atoms with Crippen LogP contribution in [0.4, 0.5) is 0 Å². The summed E-state index contributed by atoms with van der Waals surface area (Å²) in [4.78, 5) is 16.0. The molecule has 0 aliphatic rings. The van der Waals surface area contributed by atoms with Crippen LogP contribution in [0.2, 0.25) is 0 Å². The maximum Gasteiger partial charge on any atom is 0.198 e. The summed E-state index contributed by atoms with van der Waals surface area (Å²) in [6.45, 7) is 14.1. The van der Waals surface area contributed by atoms with Crippen molar-refractivity contribution >= 4 is 5.78 Å². The van der Waals surface area contributed by atoms with Crippen molar-refractivity contribution in [2.24, 2.45) is 5.92 Å². The molecule has 0 aliphatic carbocycles. The Morgan fingerprint density at radius 3 is 2.23 bits per heavy atom. The molecule has 0 amide bonds. The lowest BCUT2D eigenvalue weighted by Crippen LogP contribution is -2.39. The van der Waals surface area contributed by atoms with Gasteiger partial charge < -0.3 is 14.9 Å². The van der Waals surface area contributed by atoms with Crippen LogP contribution in [0.3, 0.4) is 0 Å². The van der Waals surface area contributed by atoms with E-state index in [2.05, 4.69) is 45.7 Å². The van der Waals surface area contributed by atoms with Gasteiger partial charge >= 0.3 is 0 Å². The van der Waals surface area contributed by atoms with Crippen molar-refractivity contribution in [3.05, 3.63) is 23.7 Å². The molecule has 0 saturated heterocycles. The Bertz CT molecular complexity index is 400. The van der Waals surface area contributed by atoms with Gasteiger partial charge in [-0.2, -0.15) is 0 Å². The molecule has 0 aliphatic heterocycles. The first-order chi connectivity index (χ1) is 10.3. The molecule has 22 heavy (non-hydrogen) atoms. The number of carbonyl (C=O) groups excluding carboxylic acids is 1. The van der Waals surface area contributed by atoms with Crippen LogP contribution in [-0.4, -0.2) is 46.9 Å². The molecule has 4 heteroatoms. The molecule has 1 atom stereocenters. The van der Waals surface area contributed by atoms with Gasteiger partial charge in [0.15, 0.2) is 11.5 Å². The number of aliphatic hydroxyl groups is 1. The Balaban J connectivity index is 5.31. The van der Waals surface area contributed by atoms with Crippen LogP contribution in [0.5, 0.6) is 0 Å². The molecule has 0 spiro atoms. The van der Waals surface area contributed by atoms with Gasteiger partial charge in [-0.15, -0.1) is 0 Å². The van der Waals surface area contributed by atoms with E-state index in [9.17, 15) is 9.90 Å². The summed E-state index contributed by atoms with van der Waals surface area (Å²) in [6.07, 6.45) is 5.07. The molecule has 0 bridgehead atoms. The van der Waals surface area contributed by atoms with Gasteiger partial charge in [-0.3, -0.25) is 4.79 Å². The zero-order valence-electron chi connectivity index (χ0n) is 15.4. The second kappa shape index (κ2) is 10.4. The van der Waals surface area contributed by atoms with Crippen molar-refractivity contribution in [1.29, 1.82) is 0 Å². The summed E-state index contributed by atoms with van der Waals surface area (Å²) in [6, 6.07) is 0.328. The highest BCUT2D eigenvalue weighted by molar-refractivity contribution is 5.92. The standard InChI is InChI=1S/C18H34N2O2/c1-8-11-19(7)15(6)12-20(16(9-2)14(4)5)13-18(22)17(21)10-3/h9,13-15,22H,8,10-12H2,1-7H3/b16-9-,18-13+. The van der Waals surface area contributed by atoms with Crippen molar-refractivity contribution in [1.82, 2.24) is 9.80 Å². The van der Waals surface area contributed by atoms with Crippen LogP contribution in [0, 0.1) is 5.92 Å². The molecule has 0 heterocycles. The van der Waals surface area contributed by atoms with Gasteiger partial charge in [0.25, 0.3) is 0 Å². The molecule has 0 radical (unpaired) electrons. The Labute approximate surface area is 136 Å². The van der Waals surface area contributed by atoms with Crippen LogP contribution < -0.4 is 0 Å². The van der Waals surface area contributed by atoms with Gasteiger partial charge in [0.1, 0.15) is 0 Å². The minimum Gasteiger partial charge on any atom is -0.503 e. The highest BCUT2D eigenvalue weighted by atomic mass is 16.3. The fourth-order valence-corrected chi connectivity index (χ4v) is 2.46. The maximum atomic E-state index is 11.7. The van der Waals surface area contributed by atoms with Crippen molar-refractivity contribution in [2.75, 3.05) is 20.1 Å². The zero-order chi connectivity index (χ0) is 17.3. The Morgan fingerprint density at radius 2 is 1.82 bits per heavy atom. The van der Waals surface area contributed by atoms with Crippen molar-refractivity contribution in [3.8, 4) is 0 Å². The smallest absolute Gasteiger partial charge is 0.198 e. The molecule has 4 nitrogen and oxygen atoms in total. The highest BCUT2D eigenvalue weighted by Gasteiger charge is 2.18. The van der Waals surface area contributed by atoms with Gasteiger partial charge in [0.2, 0.25) is 0 Å². The van der Waals surface area contributed by atoms with Gasteiger partial charge in [0.05, 0.1) is 0 Å². The number of carbonyl (C=O) groups is 1. The third-order valence-corrected chi connectivity index (χ3v) is 3.89. The van der Waals surface area contributed by atoms with Gasteiger partial charge in [0, 0.05) is 30.9 Å². The van der Waals surface area contributed by atoms with E-state index in [0.717, 1.165) is 25.2 Å². The van der Waals surface area contributed by atoms with E-state index >= 15 is 0 Å². The topological polar surface area (TPSA) is 43.8 Å². The summed E-state index contributed by atoms with van der Waals surface area (Å²) in [5, 5.41) is 10.00.